The van der Waals surface area contributed by atoms with Gasteiger partial charge in [0.1, 0.15) is 12.4 Å². The van der Waals surface area contributed by atoms with E-state index in [-0.39, 0.29) is 30.9 Å². The molecule has 2 heterocycles. The van der Waals surface area contributed by atoms with E-state index in [4.69, 9.17) is 16.3 Å². The van der Waals surface area contributed by atoms with Crippen molar-refractivity contribution in [2.24, 2.45) is 0 Å². The van der Waals surface area contributed by atoms with Gasteiger partial charge in [0.2, 0.25) is 5.56 Å². The highest BCUT2D eigenvalue weighted by molar-refractivity contribution is 6.31. The van der Waals surface area contributed by atoms with Crippen LogP contribution in [0.4, 0.5) is 0 Å². The standard InChI is InChI=1S/C20H16ClN3O4/c21-12-5-6-16-17(9-12)24(7-8-25)18(22-16)11-28-20(27)14-10-19(26)23-15-4-2-1-3-13(14)15/h1-6,9-10,25H,7-8,11H2,(H,23,26). The third-order valence-electron chi connectivity index (χ3n) is 4.42. The molecule has 8 heteroatoms. The molecule has 0 amide bonds. The number of pyridine rings is 1. The largest absolute Gasteiger partial charge is 0.454 e. The Balaban J connectivity index is 1.66. The van der Waals surface area contributed by atoms with Crippen molar-refractivity contribution in [1.29, 1.82) is 0 Å². The number of aliphatic hydroxyl groups is 1. The van der Waals surface area contributed by atoms with Crippen LogP contribution in [0.2, 0.25) is 5.02 Å². The van der Waals surface area contributed by atoms with Gasteiger partial charge in [-0.2, -0.15) is 0 Å². The Morgan fingerprint density at radius 3 is 2.86 bits per heavy atom. The third-order valence-corrected chi connectivity index (χ3v) is 4.65. The van der Waals surface area contributed by atoms with E-state index in [9.17, 15) is 14.7 Å². The molecule has 0 atom stereocenters. The van der Waals surface area contributed by atoms with Crippen LogP contribution in [-0.4, -0.2) is 32.2 Å². The summed E-state index contributed by atoms with van der Waals surface area (Å²) < 4.78 is 7.19. The van der Waals surface area contributed by atoms with E-state index in [1.54, 1.807) is 47.0 Å². The Morgan fingerprint density at radius 1 is 1.21 bits per heavy atom. The molecule has 2 aromatic carbocycles. The molecule has 142 valence electrons. The van der Waals surface area contributed by atoms with E-state index in [2.05, 4.69) is 9.97 Å². The number of nitrogens with one attached hydrogen (secondary N) is 1. The van der Waals surface area contributed by atoms with Gasteiger partial charge in [-0.1, -0.05) is 29.8 Å². The maximum Gasteiger partial charge on any atom is 0.339 e. The fourth-order valence-corrected chi connectivity index (χ4v) is 3.35. The molecule has 4 rings (SSSR count). The van der Waals surface area contributed by atoms with Gasteiger partial charge in [0, 0.05) is 28.5 Å². The van der Waals surface area contributed by atoms with Gasteiger partial charge in [-0.25, -0.2) is 9.78 Å². The molecule has 0 bridgehead atoms. The van der Waals surface area contributed by atoms with E-state index >= 15 is 0 Å². The van der Waals surface area contributed by atoms with Crippen LogP contribution in [0.3, 0.4) is 0 Å². The quantitative estimate of drug-likeness (QED) is 0.505. The molecule has 7 nitrogen and oxygen atoms in total. The number of imidazole rings is 1. The van der Waals surface area contributed by atoms with Crippen molar-refractivity contribution >= 4 is 39.5 Å². The molecule has 0 fully saturated rings. The lowest BCUT2D eigenvalue weighted by atomic mass is 10.1. The molecule has 0 aliphatic carbocycles. The van der Waals surface area contributed by atoms with Crippen molar-refractivity contribution in [3.8, 4) is 0 Å². The molecule has 0 aliphatic heterocycles. The zero-order chi connectivity index (χ0) is 19.7. The number of halogens is 1. The highest BCUT2D eigenvalue weighted by atomic mass is 35.5. The van der Waals surface area contributed by atoms with Gasteiger partial charge in [0.05, 0.1) is 23.2 Å². The average Bonchev–Trinajstić information content (AvgIpc) is 3.02. The van der Waals surface area contributed by atoms with Gasteiger partial charge in [-0.05, 0) is 24.3 Å². The number of H-pyrrole nitrogens is 1. The minimum atomic E-state index is -0.622. The van der Waals surface area contributed by atoms with E-state index in [1.807, 2.05) is 0 Å². The minimum absolute atomic E-state index is 0.0996. The predicted molar refractivity (Wildman–Crippen MR) is 106 cm³/mol. The van der Waals surface area contributed by atoms with Gasteiger partial charge >= 0.3 is 5.97 Å². The number of carbonyl (C=O) groups is 1. The van der Waals surface area contributed by atoms with Crippen molar-refractivity contribution in [2.75, 3.05) is 6.61 Å². The SMILES string of the molecule is O=C(OCc1nc2ccc(Cl)cc2n1CCO)c1cc(=O)[nH]c2ccccc12. The van der Waals surface area contributed by atoms with Crippen LogP contribution >= 0.6 is 11.6 Å². The van der Waals surface area contributed by atoms with Crippen molar-refractivity contribution in [3.05, 3.63) is 75.3 Å². The number of ether oxygens (including phenoxy) is 1. The van der Waals surface area contributed by atoms with Crippen LogP contribution in [0.25, 0.3) is 21.9 Å². The molecule has 0 saturated heterocycles. The predicted octanol–water partition coefficient (Wildman–Crippen LogP) is 2.88. The van der Waals surface area contributed by atoms with E-state index < -0.39 is 5.97 Å². The summed E-state index contributed by atoms with van der Waals surface area (Å²) in [4.78, 5) is 31.6. The Labute approximate surface area is 164 Å². The maximum absolute atomic E-state index is 12.6. The van der Waals surface area contributed by atoms with Crippen LogP contribution in [-0.2, 0) is 17.9 Å². The molecule has 0 radical (unpaired) electrons. The minimum Gasteiger partial charge on any atom is -0.454 e. The number of aromatic nitrogens is 3. The molecular weight excluding hydrogens is 382 g/mol. The maximum atomic E-state index is 12.6. The monoisotopic (exact) mass is 397 g/mol. The second-order valence-electron chi connectivity index (χ2n) is 6.21. The molecule has 0 unspecified atom stereocenters. The molecule has 2 aromatic heterocycles. The van der Waals surface area contributed by atoms with Gasteiger partial charge in [-0.3, -0.25) is 4.79 Å². The summed E-state index contributed by atoms with van der Waals surface area (Å²) >= 11 is 6.06. The normalized spacial score (nSPS) is 11.2. The van der Waals surface area contributed by atoms with Gasteiger partial charge in [-0.15, -0.1) is 0 Å². The van der Waals surface area contributed by atoms with Crippen molar-refractivity contribution in [1.82, 2.24) is 14.5 Å². The number of rotatable bonds is 5. The summed E-state index contributed by atoms with van der Waals surface area (Å²) in [5.41, 5.74) is 1.80. The zero-order valence-corrected chi connectivity index (χ0v) is 15.4. The van der Waals surface area contributed by atoms with Crippen LogP contribution in [0.5, 0.6) is 0 Å². The van der Waals surface area contributed by atoms with Crippen LogP contribution in [0.15, 0.2) is 53.3 Å². The van der Waals surface area contributed by atoms with Gasteiger partial charge < -0.3 is 19.4 Å². The summed E-state index contributed by atoms with van der Waals surface area (Å²) in [6.45, 7) is 0.0849. The molecule has 28 heavy (non-hydrogen) atoms. The number of aromatic amines is 1. The smallest absolute Gasteiger partial charge is 0.339 e. The first kappa shape index (κ1) is 18.2. The first-order chi connectivity index (χ1) is 13.6. The Bertz CT molecular complexity index is 1250. The molecular formula is C20H16ClN3O4. The number of carbonyl (C=O) groups excluding carboxylic acids is 1. The number of hydrogen-bond donors (Lipinski definition) is 2. The molecule has 0 aliphatic rings. The number of benzene rings is 2. The van der Waals surface area contributed by atoms with Crippen LogP contribution in [0.1, 0.15) is 16.2 Å². The molecule has 0 saturated carbocycles. The summed E-state index contributed by atoms with van der Waals surface area (Å²) in [5.74, 6) is -0.142. The Morgan fingerprint density at radius 2 is 2.04 bits per heavy atom. The van der Waals surface area contributed by atoms with Crippen molar-refractivity contribution in [2.45, 2.75) is 13.2 Å². The third kappa shape index (κ3) is 3.37. The summed E-state index contributed by atoms with van der Waals surface area (Å²) in [5, 5.41) is 10.5. The highest BCUT2D eigenvalue weighted by Crippen LogP contribution is 2.22. The summed E-state index contributed by atoms with van der Waals surface area (Å²) in [7, 11) is 0. The Hall–Kier alpha value is -3.16. The van der Waals surface area contributed by atoms with Crippen molar-refractivity contribution < 1.29 is 14.6 Å². The fraction of sp³-hybridized carbons (Fsp3) is 0.150. The number of fused-ring (bicyclic) bond motifs is 2. The average molecular weight is 398 g/mol. The van der Waals surface area contributed by atoms with E-state index in [1.165, 1.54) is 6.07 Å². The molecule has 0 spiro atoms. The lowest BCUT2D eigenvalue weighted by molar-refractivity contribution is 0.0460. The van der Waals surface area contributed by atoms with E-state index in [0.29, 0.717) is 27.3 Å². The van der Waals surface area contributed by atoms with Crippen LogP contribution < -0.4 is 5.56 Å². The molecule has 4 aromatic rings. The second kappa shape index (κ2) is 7.46. The number of para-hydroxylation sites is 1. The lowest BCUT2D eigenvalue weighted by Gasteiger charge is -2.09. The summed E-state index contributed by atoms with van der Waals surface area (Å²) in [6.07, 6.45) is 0. The van der Waals surface area contributed by atoms with Gasteiger partial charge in [0.25, 0.3) is 0 Å². The fourth-order valence-electron chi connectivity index (χ4n) is 3.19. The second-order valence-corrected chi connectivity index (χ2v) is 6.64. The van der Waals surface area contributed by atoms with Crippen molar-refractivity contribution in [3.63, 3.8) is 0 Å². The number of nitrogens with zero attached hydrogens (tertiary/aromatic N) is 2. The first-order valence-corrected chi connectivity index (χ1v) is 8.99. The zero-order valence-electron chi connectivity index (χ0n) is 14.7. The topological polar surface area (TPSA) is 97.2 Å². The number of esters is 1. The van der Waals surface area contributed by atoms with E-state index in [0.717, 1.165) is 5.52 Å². The molecule has 2 N–H and O–H groups in total. The van der Waals surface area contributed by atoms with Gasteiger partial charge in [0.15, 0.2) is 0 Å². The lowest BCUT2D eigenvalue weighted by Crippen LogP contribution is -2.15. The number of hydrogen-bond acceptors (Lipinski definition) is 5. The number of aliphatic hydroxyl groups excluding tert-OH is 1. The van der Waals surface area contributed by atoms with Crippen LogP contribution in [0, 0.1) is 0 Å². The highest BCUT2D eigenvalue weighted by Gasteiger charge is 2.16. The summed E-state index contributed by atoms with van der Waals surface area (Å²) in [6, 6.07) is 13.5. The first-order valence-electron chi connectivity index (χ1n) is 8.61. The Kier molecular flexibility index (Phi) is 4.85.